The average molecular weight is 237 g/mol. The van der Waals surface area contributed by atoms with Crippen molar-refractivity contribution in [2.75, 3.05) is 0 Å². The maximum absolute atomic E-state index is 11.0. The van der Waals surface area contributed by atoms with E-state index >= 15 is 0 Å². The van der Waals surface area contributed by atoms with Crippen molar-refractivity contribution < 1.29 is 9.90 Å². The average Bonchev–Trinajstić information content (AvgIpc) is 2.59. The number of carboxylic acids is 1. The molecule has 1 heterocycles. The van der Waals surface area contributed by atoms with Crippen molar-refractivity contribution in [3.63, 3.8) is 0 Å². The SMILES string of the molecule is CC(C)n1cc(CNC2CCC2)nc1C(=O)O. The van der Waals surface area contributed by atoms with Gasteiger partial charge in [0.25, 0.3) is 0 Å². The molecule has 0 bridgehead atoms. The van der Waals surface area contributed by atoms with Crippen LogP contribution in [-0.2, 0) is 6.54 Å². The Bertz CT molecular complexity index is 408. The van der Waals surface area contributed by atoms with E-state index < -0.39 is 5.97 Å². The zero-order valence-corrected chi connectivity index (χ0v) is 10.3. The van der Waals surface area contributed by atoms with Gasteiger partial charge in [-0.25, -0.2) is 9.78 Å². The van der Waals surface area contributed by atoms with Crippen LogP contribution >= 0.6 is 0 Å². The minimum Gasteiger partial charge on any atom is -0.475 e. The molecule has 0 amide bonds. The lowest BCUT2D eigenvalue weighted by molar-refractivity contribution is 0.0676. The first kappa shape index (κ1) is 12.1. The van der Waals surface area contributed by atoms with E-state index in [0.29, 0.717) is 12.6 Å². The second kappa shape index (κ2) is 4.87. The zero-order valence-electron chi connectivity index (χ0n) is 10.3. The molecule has 0 aromatic carbocycles. The first-order valence-electron chi connectivity index (χ1n) is 6.12. The lowest BCUT2D eigenvalue weighted by atomic mass is 9.93. The van der Waals surface area contributed by atoms with Crippen molar-refractivity contribution in [2.45, 2.75) is 51.7 Å². The molecule has 2 N–H and O–H groups in total. The van der Waals surface area contributed by atoms with E-state index in [4.69, 9.17) is 5.11 Å². The van der Waals surface area contributed by atoms with Gasteiger partial charge < -0.3 is 15.0 Å². The monoisotopic (exact) mass is 237 g/mol. The second-order valence-corrected chi connectivity index (χ2v) is 4.87. The van der Waals surface area contributed by atoms with Crippen LogP contribution in [0.1, 0.15) is 55.5 Å². The number of imidazole rings is 1. The Labute approximate surface area is 101 Å². The summed E-state index contributed by atoms with van der Waals surface area (Å²) in [7, 11) is 0. The molecule has 17 heavy (non-hydrogen) atoms. The van der Waals surface area contributed by atoms with Crippen LogP contribution in [0.4, 0.5) is 0 Å². The van der Waals surface area contributed by atoms with Crippen LogP contribution in [0.15, 0.2) is 6.20 Å². The molecule has 0 aliphatic heterocycles. The molecule has 5 heteroatoms. The molecular weight excluding hydrogens is 218 g/mol. The fourth-order valence-corrected chi connectivity index (χ4v) is 1.94. The van der Waals surface area contributed by atoms with Gasteiger partial charge in [-0.2, -0.15) is 0 Å². The summed E-state index contributed by atoms with van der Waals surface area (Å²) < 4.78 is 1.71. The van der Waals surface area contributed by atoms with E-state index in [9.17, 15) is 4.79 Å². The van der Waals surface area contributed by atoms with E-state index in [1.165, 1.54) is 19.3 Å². The Morgan fingerprint density at radius 1 is 1.65 bits per heavy atom. The molecule has 0 unspecified atom stereocenters. The summed E-state index contributed by atoms with van der Waals surface area (Å²) in [5, 5.41) is 12.4. The first-order valence-corrected chi connectivity index (χ1v) is 6.12. The molecule has 94 valence electrons. The van der Waals surface area contributed by atoms with E-state index in [2.05, 4.69) is 10.3 Å². The highest BCUT2D eigenvalue weighted by Gasteiger charge is 2.19. The Balaban J connectivity index is 2.06. The number of nitrogens with zero attached hydrogens (tertiary/aromatic N) is 2. The maximum atomic E-state index is 11.0. The molecule has 0 atom stereocenters. The van der Waals surface area contributed by atoms with Gasteiger partial charge in [-0.3, -0.25) is 0 Å². The largest absolute Gasteiger partial charge is 0.475 e. The van der Waals surface area contributed by atoms with E-state index in [-0.39, 0.29) is 11.9 Å². The van der Waals surface area contributed by atoms with Crippen LogP contribution in [0.3, 0.4) is 0 Å². The normalized spacial score (nSPS) is 16.2. The Kier molecular flexibility index (Phi) is 3.47. The van der Waals surface area contributed by atoms with Crippen molar-refractivity contribution >= 4 is 5.97 Å². The first-order chi connectivity index (χ1) is 8.08. The second-order valence-electron chi connectivity index (χ2n) is 4.87. The van der Waals surface area contributed by atoms with Gasteiger partial charge in [0.05, 0.1) is 5.69 Å². The molecule has 2 rings (SSSR count). The highest BCUT2D eigenvalue weighted by Crippen LogP contribution is 2.19. The summed E-state index contributed by atoms with van der Waals surface area (Å²) in [6.45, 7) is 4.57. The highest BCUT2D eigenvalue weighted by atomic mass is 16.4. The molecule has 1 aliphatic rings. The predicted molar refractivity (Wildman–Crippen MR) is 64.1 cm³/mol. The number of aromatic nitrogens is 2. The van der Waals surface area contributed by atoms with Gasteiger partial charge in [0.15, 0.2) is 0 Å². The smallest absolute Gasteiger partial charge is 0.372 e. The number of nitrogens with one attached hydrogen (secondary N) is 1. The fourth-order valence-electron chi connectivity index (χ4n) is 1.94. The molecule has 1 fully saturated rings. The lowest BCUT2D eigenvalue weighted by Gasteiger charge is -2.26. The van der Waals surface area contributed by atoms with Crippen LogP contribution in [0, 0.1) is 0 Å². The molecule has 1 aliphatic carbocycles. The zero-order chi connectivity index (χ0) is 12.4. The molecule has 1 saturated carbocycles. The fraction of sp³-hybridized carbons (Fsp3) is 0.667. The summed E-state index contributed by atoms with van der Waals surface area (Å²) in [4.78, 5) is 15.2. The van der Waals surface area contributed by atoms with Crippen molar-refractivity contribution in [2.24, 2.45) is 0 Å². The van der Waals surface area contributed by atoms with Crippen molar-refractivity contribution in [1.29, 1.82) is 0 Å². The lowest BCUT2D eigenvalue weighted by Crippen LogP contribution is -2.34. The van der Waals surface area contributed by atoms with Gasteiger partial charge in [0.2, 0.25) is 5.82 Å². The van der Waals surface area contributed by atoms with Crippen LogP contribution in [0.2, 0.25) is 0 Å². The van der Waals surface area contributed by atoms with Crippen LogP contribution in [-0.4, -0.2) is 26.7 Å². The van der Waals surface area contributed by atoms with Crippen LogP contribution < -0.4 is 5.32 Å². The van der Waals surface area contributed by atoms with Crippen molar-refractivity contribution in [3.05, 3.63) is 17.7 Å². The molecule has 0 radical (unpaired) electrons. The number of aromatic carboxylic acids is 1. The highest BCUT2D eigenvalue weighted by molar-refractivity contribution is 5.83. The molecule has 0 saturated heterocycles. The number of carbonyl (C=O) groups is 1. The Morgan fingerprint density at radius 3 is 2.76 bits per heavy atom. The molecule has 1 aromatic rings. The predicted octanol–water partition coefficient (Wildman–Crippen LogP) is 1.80. The van der Waals surface area contributed by atoms with Gasteiger partial charge in [-0.05, 0) is 26.7 Å². The third kappa shape index (κ3) is 2.66. The summed E-state index contributed by atoms with van der Waals surface area (Å²) in [6.07, 6.45) is 5.56. The Hall–Kier alpha value is -1.36. The minimum atomic E-state index is -0.964. The van der Waals surface area contributed by atoms with Crippen LogP contribution in [0.5, 0.6) is 0 Å². The summed E-state index contributed by atoms with van der Waals surface area (Å²) in [6, 6.07) is 0.707. The topological polar surface area (TPSA) is 67.2 Å². The summed E-state index contributed by atoms with van der Waals surface area (Å²) >= 11 is 0. The van der Waals surface area contributed by atoms with E-state index in [1.807, 2.05) is 20.0 Å². The van der Waals surface area contributed by atoms with E-state index in [1.54, 1.807) is 4.57 Å². The number of hydrogen-bond donors (Lipinski definition) is 2. The summed E-state index contributed by atoms with van der Waals surface area (Å²) in [5.41, 5.74) is 0.808. The van der Waals surface area contributed by atoms with Gasteiger partial charge in [-0.15, -0.1) is 0 Å². The molecule has 5 nitrogen and oxygen atoms in total. The molecule has 0 spiro atoms. The maximum Gasteiger partial charge on any atom is 0.372 e. The Morgan fingerprint density at radius 2 is 2.35 bits per heavy atom. The van der Waals surface area contributed by atoms with E-state index in [0.717, 1.165) is 5.69 Å². The van der Waals surface area contributed by atoms with Gasteiger partial charge in [0, 0.05) is 24.8 Å². The number of hydrogen-bond acceptors (Lipinski definition) is 3. The molecule has 1 aromatic heterocycles. The van der Waals surface area contributed by atoms with Crippen LogP contribution in [0.25, 0.3) is 0 Å². The van der Waals surface area contributed by atoms with Gasteiger partial charge >= 0.3 is 5.97 Å². The van der Waals surface area contributed by atoms with Crippen molar-refractivity contribution in [1.82, 2.24) is 14.9 Å². The van der Waals surface area contributed by atoms with Gasteiger partial charge in [-0.1, -0.05) is 6.42 Å². The minimum absolute atomic E-state index is 0.117. The van der Waals surface area contributed by atoms with Gasteiger partial charge in [0.1, 0.15) is 0 Å². The third-order valence-electron chi connectivity index (χ3n) is 3.21. The number of rotatable bonds is 5. The standard InChI is InChI=1S/C12H19N3O2/c1-8(2)15-7-10(14-11(15)12(16)17)6-13-9-4-3-5-9/h7-9,13H,3-6H2,1-2H3,(H,16,17). The number of carboxylic acid groups (broad SMARTS) is 1. The third-order valence-corrected chi connectivity index (χ3v) is 3.21. The summed E-state index contributed by atoms with van der Waals surface area (Å²) in [5.74, 6) is -0.834. The quantitative estimate of drug-likeness (QED) is 0.819. The molecular formula is C12H19N3O2. The van der Waals surface area contributed by atoms with Crippen molar-refractivity contribution in [3.8, 4) is 0 Å².